The Hall–Kier alpha value is -0.710. The lowest BCUT2D eigenvalue weighted by Crippen LogP contribution is -2.43. The molecule has 2 aliphatic heterocycles. The van der Waals surface area contributed by atoms with E-state index in [1.54, 1.807) is 0 Å². The summed E-state index contributed by atoms with van der Waals surface area (Å²) in [7, 11) is 0. The predicted octanol–water partition coefficient (Wildman–Crippen LogP) is 2.62. The molecule has 0 aromatic heterocycles. The molecule has 2 aliphatic rings. The molecule has 3 rings (SSSR count). The average molecular weight is 293 g/mol. The highest BCUT2D eigenvalue weighted by Crippen LogP contribution is 2.39. The molecule has 3 nitrogen and oxygen atoms in total. The van der Waals surface area contributed by atoms with Gasteiger partial charge in [-0.1, -0.05) is 12.1 Å². The highest BCUT2D eigenvalue weighted by molar-refractivity contribution is 7.99. The highest BCUT2D eigenvalue weighted by Gasteiger charge is 2.41. The Kier molecular flexibility index (Phi) is 4.54. The van der Waals surface area contributed by atoms with Crippen molar-refractivity contribution in [1.82, 2.24) is 0 Å². The Morgan fingerprint density at radius 3 is 2.90 bits per heavy atom. The lowest BCUT2D eigenvalue weighted by atomic mass is 9.91. The van der Waals surface area contributed by atoms with Crippen LogP contribution in [-0.4, -0.2) is 36.4 Å². The van der Waals surface area contributed by atoms with Gasteiger partial charge in [0.1, 0.15) is 11.9 Å². The van der Waals surface area contributed by atoms with Crippen LogP contribution in [0.15, 0.2) is 24.3 Å². The molecule has 2 fully saturated rings. The maximum absolute atomic E-state index is 6.15. The van der Waals surface area contributed by atoms with Gasteiger partial charge in [-0.2, -0.15) is 11.8 Å². The van der Waals surface area contributed by atoms with Crippen molar-refractivity contribution in [2.45, 2.75) is 37.4 Å². The quantitative estimate of drug-likeness (QED) is 0.927. The predicted molar refractivity (Wildman–Crippen MR) is 83.5 cm³/mol. The first-order valence-corrected chi connectivity index (χ1v) is 8.63. The molecule has 2 unspecified atom stereocenters. The largest absolute Gasteiger partial charge is 0.490 e. The molecule has 1 aromatic carbocycles. The van der Waals surface area contributed by atoms with Crippen LogP contribution in [-0.2, 0) is 11.2 Å². The van der Waals surface area contributed by atoms with Crippen molar-refractivity contribution in [3.05, 3.63) is 29.8 Å². The normalized spacial score (nSPS) is 29.8. The molecule has 2 heterocycles. The second-order valence-electron chi connectivity index (χ2n) is 5.75. The summed E-state index contributed by atoms with van der Waals surface area (Å²) < 4.78 is 12.2. The Labute approximate surface area is 125 Å². The number of thioether (sulfide) groups is 1. The van der Waals surface area contributed by atoms with E-state index >= 15 is 0 Å². The van der Waals surface area contributed by atoms with Crippen molar-refractivity contribution in [2.75, 3.05) is 24.7 Å². The lowest BCUT2D eigenvalue weighted by molar-refractivity contribution is -0.0958. The van der Waals surface area contributed by atoms with E-state index in [1.165, 1.54) is 17.7 Å². The van der Waals surface area contributed by atoms with E-state index in [-0.39, 0.29) is 5.60 Å². The zero-order valence-electron chi connectivity index (χ0n) is 11.8. The Morgan fingerprint density at radius 1 is 1.35 bits per heavy atom. The van der Waals surface area contributed by atoms with Crippen molar-refractivity contribution in [2.24, 2.45) is 5.73 Å². The molecule has 0 bridgehead atoms. The van der Waals surface area contributed by atoms with Gasteiger partial charge in [0.15, 0.2) is 0 Å². The van der Waals surface area contributed by atoms with Crippen LogP contribution in [0.25, 0.3) is 0 Å². The van der Waals surface area contributed by atoms with Crippen LogP contribution < -0.4 is 10.5 Å². The number of hydrogen-bond acceptors (Lipinski definition) is 4. The van der Waals surface area contributed by atoms with Gasteiger partial charge in [0.05, 0.1) is 12.2 Å². The smallest absolute Gasteiger partial charge is 0.119 e. The van der Waals surface area contributed by atoms with Gasteiger partial charge in [0.2, 0.25) is 0 Å². The van der Waals surface area contributed by atoms with E-state index < -0.39 is 0 Å². The topological polar surface area (TPSA) is 44.5 Å². The summed E-state index contributed by atoms with van der Waals surface area (Å²) in [5, 5.41) is 0. The minimum Gasteiger partial charge on any atom is -0.490 e. The van der Waals surface area contributed by atoms with Gasteiger partial charge < -0.3 is 15.2 Å². The van der Waals surface area contributed by atoms with E-state index in [0.717, 1.165) is 37.4 Å². The van der Waals surface area contributed by atoms with Gasteiger partial charge in [-0.3, -0.25) is 0 Å². The van der Waals surface area contributed by atoms with E-state index in [2.05, 4.69) is 24.3 Å². The molecule has 4 heteroatoms. The van der Waals surface area contributed by atoms with E-state index in [0.29, 0.717) is 12.6 Å². The molecular weight excluding hydrogens is 270 g/mol. The second-order valence-corrected chi connectivity index (χ2v) is 6.85. The first-order valence-electron chi connectivity index (χ1n) is 7.47. The minimum atomic E-state index is 0.0904. The highest BCUT2D eigenvalue weighted by atomic mass is 32.2. The van der Waals surface area contributed by atoms with Crippen molar-refractivity contribution in [3.63, 3.8) is 0 Å². The summed E-state index contributed by atoms with van der Waals surface area (Å²) in [5.41, 5.74) is 6.93. The van der Waals surface area contributed by atoms with Crippen LogP contribution in [0.4, 0.5) is 0 Å². The Bertz CT molecular complexity index is 429. The fourth-order valence-electron chi connectivity index (χ4n) is 3.04. The molecule has 2 atom stereocenters. The van der Waals surface area contributed by atoms with Gasteiger partial charge in [-0.15, -0.1) is 0 Å². The van der Waals surface area contributed by atoms with E-state index in [9.17, 15) is 0 Å². The zero-order chi connectivity index (χ0) is 13.8. The van der Waals surface area contributed by atoms with E-state index in [1.807, 2.05) is 11.8 Å². The van der Waals surface area contributed by atoms with Crippen molar-refractivity contribution >= 4 is 11.8 Å². The molecule has 1 spiro atoms. The second kappa shape index (κ2) is 6.37. The summed E-state index contributed by atoms with van der Waals surface area (Å²) >= 11 is 2.00. The fourth-order valence-corrected chi connectivity index (χ4v) is 4.42. The fraction of sp³-hybridized carbons (Fsp3) is 0.625. The third kappa shape index (κ3) is 3.30. The van der Waals surface area contributed by atoms with Crippen LogP contribution in [0.2, 0.25) is 0 Å². The third-order valence-electron chi connectivity index (χ3n) is 4.17. The lowest BCUT2D eigenvalue weighted by Gasteiger charge is -2.37. The summed E-state index contributed by atoms with van der Waals surface area (Å²) in [5.74, 6) is 3.32. The molecule has 0 saturated carbocycles. The van der Waals surface area contributed by atoms with Gasteiger partial charge in [-0.05, 0) is 42.8 Å². The summed E-state index contributed by atoms with van der Waals surface area (Å²) in [6.07, 6.45) is 4.43. The van der Waals surface area contributed by atoms with Crippen LogP contribution in [0.1, 0.15) is 24.8 Å². The van der Waals surface area contributed by atoms with Crippen molar-refractivity contribution in [3.8, 4) is 5.75 Å². The third-order valence-corrected chi connectivity index (χ3v) is 5.40. The van der Waals surface area contributed by atoms with Gasteiger partial charge >= 0.3 is 0 Å². The van der Waals surface area contributed by atoms with Crippen molar-refractivity contribution in [1.29, 1.82) is 0 Å². The molecule has 0 amide bonds. The summed E-state index contributed by atoms with van der Waals surface area (Å²) in [4.78, 5) is 0. The van der Waals surface area contributed by atoms with Crippen LogP contribution in [0, 0.1) is 0 Å². The Balaban J connectivity index is 1.59. The molecular formula is C16H23NO2S. The van der Waals surface area contributed by atoms with Gasteiger partial charge in [0.25, 0.3) is 0 Å². The van der Waals surface area contributed by atoms with Crippen molar-refractivity contribution < 1.29 is 9.47 Å². The van der Waals surface area contributed by atoms with Gasteiger partial charge in [-0.25, -0.2) is 0 Å². The van der Waals surface area contributed by atoms with Crippen LogP contribution >= 0.6 is 11.8 Å². The summed E-state index contributed by atoms with van der Waals surface area (Å²) in [6.45, 7) is 1.52. The molecule has 0 radical (unpaired) electrons. The SMILES string of the molecule is NCCc1ccc(OC2CCOC3(CCSC3)C2)cc1. The maximum Gasteiger partial charge on any atom is 0.119 e. The van der Waals surface area contributed by atoms with Crippen LogP contribution in [0.5, 0.6) is 5.75 Å². The van der Waals surface area contributed by atoms with Crippen LogP contribution in [0.3, 0.4) is 0 Å². The molecule has 0 aliphatic carbocycles. The standard InChI is InChI=1S/C16H23NO2S/c17-8-5-13-1-3-14(4-2-13)19-15-6-9-18-16(11-15)7-10-20-12-16/h1-4,15H,5-12,17H2. The first kappa shape index (κ1) is 14.2. The van der Waals surface area contributed by atoms with Gasteiger partial charge in [0, 0.05) is 18.6 Å². The summed E-state index contributed by atoms with van der Waals surface area (Å²) in [6, 6.07) is 8.36. The molecule has 110 valence electrons. The zero-order valence-corrected chi connectivity index (χ0v) is 12.7. The van der Waals surface area contributed by atoms with E-state index in [4.69, 9.17) is 15.2 Å². The average Bonchev–Trinajstić information content (AvgIpc) is 2.89. The number of benzene rings is 1. The molecule has 20 heavy (non-hydrogen) atoms. The molecule has 2 N–H and O–H groups in total. The molecule has 1 aromatic rings. The maximum atomic E-state index is 6.15. The number of nitrogens with two attached hydrogens (primary N) is 1. The Morgan fingerprint density at radius 2 is 2.20 bits per heavy atom. The number of rotatable bonds is 4. The number of ether oxygens (including phenoxy) is 2. The molecule has 2 saturated heterocycles. The minimum absolute atomic E-state index is 0.0904. The first-order chi connectivity index (χ1) is 9.80. The number of hydrogen-bond donors (Lipinski definition) is 1. The monoisotopic (exact) mass is 293 g/mol.